The number of nitrogens with zero attached hydrogens (tertiary/aromatic N) is 2. The largest absolute Gasteiger partial charge is 0.416 e. The van der Waals surface area contributed by atoms with E-state index in [-0.39, 0.29) is 5.56 Å². The van der Waals surface area contributed by atoms with Crippen LogP contribution >= 0.6 is 0 Å². The zero-order valence-electron chi connectivity index (χ0n) is 13.8. The van der Waals surface area contributed by atoms with Gasteiger partial charge in [-0.1, -0.05) is 42.5 Å². The van der Waals surface area contributed by atoms with E-state index < -0.39 is 34.7 Å². The highest BCUT2D eigenvalue weighted by molar-refractivity contribution is 5.83. The summed E-state index contributed by atoms with van der Waals surface area (Å²) in [5, 5.41) is 14.6. The molecule has 0 saturated heterocycles. The van der Waals surface area contributed by atoms with Gasteiger partial charge in [-0.25, -0.2) is 5.43 Å². The first-order valence-corrected chi connectivity index (χ1v) is 7.65. The van der Waals surface area contributed by atoms with Crippen molar-refractivity contribution in [3.8, 4) is 0 Å². The van der Waals surface area contributed by atoms with Crippen LogP contribution in [-0.2, 0) is 17.4 Å². The number of amides is 1. The standard InChI is InChI=1S/C18H14F3N3O3/c19-18(20,21)15-9-8-14(16(12-15)24(26)27)11-17(25)23-22-10-4-7-13-5-2-1-3-6-13/h1-10,12H,11H2,(H,23,25)/b7-4+,22-10-. The van der Waals surface area contributed by atoms with Gasteiger partial charge in [-0.3, -0.25) is 14.9 Å². The van der Waals surface area contributed by atoms with Gasteiger partial charge < -0.3 is 0 Å². The summed E-state index contributed by atoms with van der Waals surface area (Å²) >= 11 is 0. The number of rotatable bonds is 6. The van der Waals surface area contributed by atoms with Gasteiger partial charge in [0.1, 0.15) is 0 Å². The van der Waals surface area contributed by atoms with Crippen LogP contribution in [0.3, 0.4) is 0 Å². The Morgan fingerprint density at radius 2 is 1.89 bits per heavy atom. The molecule has 0 fully saturated rings. The lowest BCUT2D eigenvalue weighted by atomic mass is 10.1. The average Bonchev–Trinajstić information content (AvgIpc) is 2.61. The van der Waals surface area contributed by atoms with E-state index in [1.807, 2.05) is 30.3 Å². The number of alkyl halides is 3. The zero-order valence-corrected chi connectivity index (χ0v) is 13.8. The van der Waals surface area contributed by atoms with Crippen LogP contribution in [0.4, 0.5) is 18.9 Å². The van der Waals surface area contributed by atoms with Crippen LogP contribution in [-0.4, -0.2) is 17.0 Å². The van der Waals surface area contributed by atoms with Gasteiger partial charge >= 0.3 is 6.18 Å². The Bertz CT molecular complexity index is 878. The molecule has 2 rings (SSSR count). The van der Waals surface area contributed by atoms with E-state index in [0.29, 0.717) is 12.1 Å². The Balaban J connectivity index is 2.00. The highest BCUT2D eigenvalue weighted by atomic mass is 19.4. The molecule has 0 aliphatic rings. The topological polar surface area (TPSA) is 84.6 Å². The minimum Gasteiger partial charge on any atom is -0.273 e. The van der Waals surface area contributed by atoms with Crippen LogP contribution in [0.2, 0.25) is 0 Å². The van der Waals surface area contributed by atoms with Crippen molar-refractivity contribution in [3.63, 3.8) is 0 Å². The molecule has 140 valence electrons. The van der Waals surface area contributed by atoms with Crippen molar-refractivity contribution in [1.82, 2.24) is 5.43 Å². The van der Waals surface area contributed by atoms with E-state index in [4.69, 9.17) is 0 Å². The lowest BCUT2D eigenvalue weighted by Gasteiger charge is -2.08. The number of hydrazone groups is 1. The number of carbonyl (C=O) groups excluding carboxylic acids is 1. The van der Waals surface area contributed by atoms with Gasteiger partial charge in [0.2, 0.25) is 5.91 Å². The summed E-state index contributed by atoms with van der Waals surface area (Å²) < 4.78 is 38.0. The molecule has 0 atom stereocenters. The molecule has 0 bridgehead atoms. The molecule has 0 aromatic heterocycles. The summed E-state index contributed by atoms with van der Waals surface area (Å²) in [4.78, 5) is 21.8. The van der Waals surface area contributed by atoms with Crippen molar-refractivity contribution in [3.05, 3.63) is 81.4 Å². The monoisotopic (exact) mass is 377 g/mol. The van der Waals surface area contributed by atoms with Crippen molar-refractivity contribution >= 4 is 23.9 Å². The number of nitrogens with one attached hydrogen (secondary N) is 1. The summed E-state index contributed by atoms with van der Waals surface area (Å²) in [6.45, 7) is 0. The first-order chi connectivity index (χ1) is 12.8. The number of allylic oxidation sites excluding steroid dienone is 1. The van der Waals surface area contributed by atoms with Crippen LogP contribution in [0.1, 0.15) is 16.7 Å². The van der Waals surface area contributed by atoms with Gasteiger partial charge in [-0.05, 0) is 17.7 Å². The van der Waals surface area contributed by atoms with Crippen molar-refractivity contribution in [1.29, 1.82) is 0 Å². The summed E-state index contributed by atoms with van der Waals surface area (Å²) in [7, 11) is 0. The fraction of sp³-hybridized carbons (Fsp3) is 0.111. The molecular formula is C18H14F3N3O3. The van der Waals surface area contributed by atoms with Crippen LogP contribution in [0.25, 0.3) is 6.08 Å². The SMILES string of the molecule is O=C(Cc1ccc(C(F)(F)F)cc1[N+](=O)[O-])N/N=C\C=C\c1ccccc1. The van der Waals surface area contributed by atoms with E-state index in [9.17, 15) is 28.1 Å². The summed E-state index contributed by atoms with van der Waals surface area (Å²) in [5.74, 6) is -0.692. The van der Waals surface area contributed by atoms with Crippen LogP contribution in [0, 0.1) is 10.1 Å². The fourth-order valence-electron chi connectivity index (χ4n) is 2.14. The Labute approximate surface area is 152 Å². The van der Waals surface area contributed by atoms with Gasteiger partial charge in [0, 0.05) is 17.8 Å². The molecule has 9 heteroatoms. The number of hydrogen-bond donors (Lipinski definition) is 1. The predicted octanol–water partition coefficient (Wildman–Crippen LogP) is 3.97. The molecular weight excluding hydrogens is 363 g/mol. The number of nitro benzene ring substituents is 1. The third kappa shape index (κ3) is 6.07. The highest BCUT2D eigenvalue weighted by Gasteiger charge is 2.33. The van der Waals surface area contributed by atoms with Gasteiger partial charge in [-0.2, -0.15) is 18.3 Å². The number of nitro groups is 1. The maximum absolute atomic E-state index is 12.7. The van der Waals surface area contributed by atoms with E-state index in [0.717, 1.165) is 11.6 Å². The molecule has 2 aromatic carbocycles. The molecule has 0 unspecified atom stereocenters. The molecule has 1 amide bonds. The Kier molecular flexibility index (Phi) is 6.42. The van der Waals surface area contributed by atoms with Crippen molar-refractivity contribution in [2.24, 2.45) is 5.10 Å². The second kappa shape index (κ2) is 8.75. The van der Waals surface area contributed by atoms with Gasteiger partial charge in [0.25, 0.3) is 5.69 Å². The van der Waals surface area contributed by atoms with E-state index in [2.05, 4.69) is 10.5 Å². The normalized spacial score (nSPS) is 11.8. The van der Waals surface area contributed by atoms with Crippen LogP contribution in [0.5, 0.6) is 0 Å². The molecule has 0 saturated carbocycles. The van der Waals surface area contributed by atoms with Crippen LogP contribution < -0.4 is 5.43 Å². The number of halogens is 3. The maximum atomic E-state index is 12.7. The highest BCUT2D eigenvalue weighted by Crippen LogP contribution is 2.33. The molecule has 0 aliphatic carbocycles. The number of benzene rings is 2. The first-order valence-electron chi connectivity index (χ1n) is 7.65. The lowest BCUT2D eigenvalue weighted by Crippen LogP contribution is -2.20. The van der Waals surface area contributed by atoms with E-state index >= 15 is 0 Å². The molecule has 0 heterocycles. The zero-order chi connectivity index (χ0) is 19.9. The van der Waals surface area contributed by atoms with Gasteiger partial charge in [-0.15, -0.1) is 0 Å². The van der Waals surface area contributed by atoms with Gasteiger partial charge in [0.15, 0.2) is 0 Å². The van der Waals surface area contributed by atoms with Gasteiger partial charge in [0.05, 0.1) is 16.9 Å². The molecule has 1 N–H and O–H groups in total. The third-order valence-electron chi connectivity index (χ3n) is 3.40. The second-order valence-electron chi connectivity index (χ2n) is 5.36. The molecule has 27 heavy (non-hydrogen) atoms. The quantitative estimate of drug-likeness (QED) is 0.470. The summed E-state index contributed by atoms with van der Waals surface area (Å²) in [6, 6.07) is 11.3. The minimum absolute atomic E-state index is 0.138. The molecule has 6 nitrogen and oxygen atoms in total. The lowest BCUT2D eigenvalue weighted by molar-refractivity contribution is -0.385. The second-order valence-corrected chi connectivity index (χ2v) is 5.36. The fourth-order valence-corrected chi connectivity index (χ4v) is 2.14. The summed E-state index contributed by atoms with van der Waals surface area (Å²) in [5.41, 5.74) is 1.03. The average molecular weight is 377 g/mol. The molecule has 0 radical (unpaired) electrons. The predicted molar refractivity (Wildman–Crippen MR) is 93.9 cm³/mol. The Morgan fingerprint density at radius 1 is 1.19 bits per heavy atom. The van der Waals surface area contributed by atoms with E-state index in [1.165, 1.54) is 6.21 Å². The smallest absolute Gasteiger partial charge is 0.273 e. The van der Waals surface area contributed by atoms with Crippen molar-refractivity contribution < 1.29 is 22.9 Å². The Morgan fingerprint density at radius 3 is 2.52 bits per heavy atom. The Hall–Kier alpha value is -3.49. The number of hydrogen-bond acceptors (Lipinski definition) is 4. The van der Waals surface area contributed by atoms with E-state index in [1.54, 1.807) is 12.2 Å². The van der Waals surface area contributed by atoms with Crippen molar-refractivity contribution in [2.45, 2.75) is 12.6 Å². The van der Waals surface area contributed by atoms with Crippen molar-refractivity contribution in [2.75, 3.05) is 0 Å². The maximum Gasteiger partial charge on any atom is 0.416 e. The first kappa shape index (κ1) is 19.8. The number of carbonyl (C=O) groups is 1. The van der Waals surface area contributed by atoms with Crippen LogP contribution in [0.15, 0.2) is 59.7 Å². The summed E-state index contributed by atoms with van der Waals surface area (Å²) in [6.07, 6.45) is -0.548. The third-order valence-corrected chi connectivity index (χ3v) is 3.40. The molecule has 0 spiro atoms. The molecule has 2 aromatic rings. The minimum atomic E-state index is -4.71. The molecule has 0 aliphatic heterocycles.